The number of rotatable bonds is 5. The summed E-state index contributed by atoms with van der Waals surface area (Å²) in [7, 11) is 1.64. The lowest BCUT2D eigenvalue weighted by Crippen LogP contribution is -2.20. The number of hydrogen-bond donors (Lipinski definition) is 2. The quantitative estimate of drug-likeness (QED) is 0.882. The molecule has 1 saturated heterocycles. The summed E-state index contributed by atoms with van der Waals surface area (Å²) >= 11 is 0. The van der Waals surface area contributed by atoms with Crippen LogP contribution in [0.15, 0.2) is 30.5 Å². The van der Waals surface area contributed by atoms with Gasteiger partial charge in [-0.15, -0.1) is 0 Å². The minimum absolute atomic E-state index is 0.228. The van der Waals surface area contributed by atoms with E-state index in [4.69, 9.17) is 15.2 Å². The summed E-state index contributed by atoms with van der Waals surface area (Å²) in [5.74, 6) is 1.81. The molecular weight excluding hydrogens is 280 g/mol. The number of anilines is 2. The molecule has 3 rings (SSSR count). The summed E-state index contributed by atoms with van der Waals surface area (Å²) in [5, 5.41) is 3.24. The van der Waals surface area contributed by atoms with E-state index in [1.54, 1.807) is 13.3 Å². The summed E-state index contributed by atoms with van der Waals surface area (Å²) in [6, 6.07) is 7.69. The molecule has 0 radical (unpaired) electrons. The van der Waals surface area contributed by atoms with Crippen LogP contribution in [0.3, 0.4) is 0 Å². The van der Waals surface area contributed by atoms with Crippen LogP contribution >= 0.6 is 0 Å². The third-order valence-electron chi connectivity index (χ3n) is 3.71. The van der Waals surface area contributed by atoms with Gasteiger partial charge in [0, 0.05) is 18.7 Å². The van der Waals surface area contributed by atoms with Crippen LogP contribution in [0.5, 0.6) is 5.75 Å². The van der Waals surface area contributed by atoms with Crippen LogP contribution in [0.1, 0.15) is 12.8 Å². The van der Waals surface area contributed by atoms with Gasteiger partial charge >= 0.3 is 0 Å². The Bertz CT molecular complexity index is 625. The molecule has 0 saturated carbocycles. The van der Waals surface area contributed by atoms with Crippen molar-refractivity contribution in [3.05, 3.63) is 30.5 Å². The third kappa shape index (κ3) is 3.28. The molecule has 0 spiro atoms. The number of nitrogens with two attached hydrogens (primary N) is 1. The predicted octanol–water partition coefficient (Wildman–Crippen LogP) is 2.33. The third-order valence-corrected chi connectivity index (χ3v) is 3.71. The SMILES string of the molecule is COc1ccc(-c2cnc(N)c(NCC3CCCO3)n2)cc1. The van der Waals surface area contributed by atoms with Gasteiger partial charge in [-0.25, -0.2) is 9.97 Å². The number of hydrogen-bond acceptors (Lipinski definition) is 6. The molecule has 116 valence electrons. The van der Waals surface area contributed by atoms with Crippen LogP contribution < -0.4 is 15.8 Å². The molecule has 3 N–H and O–H groups in total. The first-order valence-electron chi connectivity index (χ1n) is 7.38. The van der Waals surface area contributed by atoms with Gasteiger partial charge in [0.2, 0.25) is 0 Å². The standard InChI is InChI=1S/C16H20N4O2/c1-21-12-6-4-11(5-7-12)14-10-18-15(17)16(20-14)19-9-13-3-2-8-22-13/h4-7,10,13H,2-3,8-9H2,1H3,(H2,17,18)(H,19,20). The average molecular weight is 300 g/mol. The van der Waals surface area contributed by atoms with Gasteiger partial charge in [-0.1, -0.05) is 0 Å². The van der Waals surface area contributed by atoms with Crippen molar-refractivity contribution in [2.45, 2.75) is 18.9 Å². The maximum Gasteiger partial charge on any atom is 0.169 e. The number of benzene rings is 1. The zero-order valence-electron chi connectivity index (χ0n) is 12.6. The minimum Gasteiger partial charge on any atom is -0.497 e. The van der Waals surface area contributed by atoms with Crippen LogP contribution in [0.4, 0.5) is 11.6 Å². The van der Waals surface area contributed by atoms with Crippen molar-refractivity contribution in [3.8, 4) is 17.0 Å². The van der Waals surface area contributed by atoms with E-state index < -0.39 is 0 Å². The number of nitrogens with one attached hydrogen (secondary N) is 1. The highest BCUT2D eigenvalue weighted by atomic mass is 16.5. The minimum atomic E-state index is 0.228. The van der Waals surface area contributed by atoms with E-state index in [1.165, 1.54) is 0 Å². The molecule has 1 aliphatic heterocycles. The van der Waals surface area contributed by atoms with Crippen molar-refractivity contribution < 1.29 is 9.47 Å². The Morgan fingerprint density at radius 2 is 2.18 bits per heavy atom. The zero-order chi connectivity index (χ0) is 15.4. The molecule has 0 aliphatic carbocycles. The fraction of sp³-hybridized carbons (Fsp3) is 0.375. The van der Waals surface area contributed by atoms with E-state index in [0.29, 0.717) is 18.2 Å². The highest BCUT2D eigenvalue weighted by Gasteiger charge is 2.16. The summed E-state index contributed by atoms with van der Waals surface area (Å²) in [5.41, 5.74) is 7.64. The number of ether oxygens (including phenoxy) is 2. The molecule has 1 unspecified atom stereocenters. The Labute approximate surface area is 129 Å². The average Bonchev–Trinajstić information content (AvgIpc) is 3.08. The van der Waals surface area contributed by atoms with Crippen molar-refractivity contribution in [3.63, 3.8) is 0 Å². The van der Waals surface area contributed by atoms with Gasteiger partial charge in [0.15, 0.2) is 11.6 Å². The second kappa shape index (κ2) is 6.62. The van der Waals surface area contributed by atoms with E-state index in [1.807, 2.05) is 24.3 Å². The number of nitrogens with zero attached hydrogens (tertiary/aromatic N) is 2. The first-order chi connectivity index (χ1) is 10.8. The Morgan fingerprint density at radius 1 is 1.36 bits per heavy atom. The van der Waals surface area contributed by atoms with E-state index in [2.05, 4.69) is 15.3 Å². The van der Waals surface area contributed by atoms with Gasteiger partial charge in [0.05, 0.1) is 25.1 Å². The van der Waals surface area contributed by atoms with E-state index >= 15 is 0 Å². The molecule has 6 heteroatoms. The summed E-state index contributed by atoms with van der Waals surface area (Å²) in [6.07, 6.45) is 4.08. The lowest BCUT2D eigenvalue weighted by molar-refractivity contribution is 0.120. The fourth-order valence-electron chi connectivity index (χ4n) is 2.45. The highest BCUT2D eigenvalue weighted by Crippen LogP contribution is 2.23. The molecule has 6 nitrogen and oxygen atoms in total. The van der Waals surface area contributed by atoms with Crippen molar-refractivity contribution in [1.82, 2.24) is 9.97 Å². The van der Waals surface area contributed by atoms with Crippen molar-refractivity contribution >= 4 is 11.6 Å². The second-order valence-corrected chi connectivity index (χ2v) is 5.23. The molecule has 1 atom stereocenters. The second-order valence-electron chi connectivity index (χ2n) is 5.23. The maximum atomic E-state index is 5.90. The van der Waals surface area contributed by atoms with Crippen molar-refractivity contribution in [2.75, 3.05) is 31.3 Å². The van der Waals surface area contributed by atoms with Gasteiger partial charge in [-0.2, -0.15) is 0 Å². The molecule has 1 aliphatic rings. The highest BCUT2D eigenvalue weighted by molar-refractivity contribution is 5.65. The van der Waals surface area contributed by atoms with Gasteiger partial charge in [0.1, 0.15) is 5.75 Å². The summed E-state index contributed by atoms with van der Waals surface area (Å²) in [6.45, 7) is 1.53. The molecular formula is C16H20N4O2. The van der Waals surface area contributed by atoms with Crippen LogP contribution in [-0.2, 0) is 4.74 Å². The van der Waals surface area contributed by atoms with Crippen LogP contribution in [-0.4, -0.2) is 36.3 Å². The summed E-state index contributed by atoms with van der Waals surface area (Å²) in [4.78, 5) is 8.79. The topological polar surface area (TPSA) is 82.3 Å². The number of nitrogen functional groups attached to an aromatic ring is 1. The van der Waals surface area contributed by atoms with Gasteiger partial charge < -0.3 is 20.5 Å². The lowest BCUT2D eigenvalue weighted by atomic mass is 10.1. The van der Waals surface area contributed by atoms with Crippen molar-refractivity contribution in [1.29, 1.82) is 0 Å². The van der Waals surface area contributed by atoms with E-state index in [-0.39, 0.29) is 6.10 Å². The first kappa shape index (κ1) is 14.6. The monoisotopic (exact) mass is 300 g/mol. The molecule has 1 aromatic carbocycles. The van der Waals surface area contributed by atoms with Gasteiger partial charge in [0.25, 0.3) is 0 Å². The van der Waals surface area contributed by atoms with Crippen molar-refractivity contribution in [2.24, 2.45) is 0 Å². The smallest absolute Gasteiger partial charge is 0.169 e. The number of aromatic nitrogens is 2. The maximum absolute atomic E-state index is 5.90. The van der Waals surface area contributed by atoms with Gasteiger partial charge in [-0.3, -0.25) is 0 Å². The molecule has 2 heterocycles. The van der Waals surface area contributed by atoms with Gasteiger partial charge in [-0.05, 0) is 37.1 Å². The predicted molar refractivity (Wildman–Crippen MR) is 85.9 cm³/mol. The Balaban J connectivity index is 1.75. The molecule has 1 fully saturated rings. The van der Waals surface area contributed by atoms with Crippen LogP contribution in [0.25, 0.3) is 11.3 Å². The Morgan fingerprint density at radius 3 is 2.86 bits per heavy atom. The number of methoxy groups -OCH3 is 1. The lowest BCUT2D eigenvalue weighted by Gasteiger charge is -2.13. The normalized spacial score (nSPS) is 17.4. The largest absolute Gasteiger partial charge is 0.497 e. The first-order valence-corrected chi connectivity index (χ1v) is 7.38. The molecule has 2 aromatic rings. The molecule has 0 bridgehead atoms. The Hall–Kier alpha value is -2.34. The fourth-order valence-corrected chi connectivity index (χ4v) is 2.45. The van der Waals surface area contributed by atoms with Crippen LogP contribution in [0, 0.1) is 0 Å². The van der Waals surface area contributed by atoms with E-state index in [9.17, 15) is 0 Å². The summed E-state index contributed by atoms with van der Waals surface area (Å²) < 4.78 is 10.8. The molecule has 0 amide bonds. The zero-order valence-corrected chi connectivity index (χ0v) is 12.6. The molecule has 1 aromatic heterocycles. The van der Waals surface area contributed by atoms with E-state index in [0.717, 1.165) is 36.5 Å². The van der Waals surface area contributed by atoms with Crippen LogP contribution in [0.2, 0.25) is 0 Å². The molecule has 22 heavy (non-hydrogen) atoms. The Kier molecular flexibility index (Phi) is 4.39.